The van der Waals surface area contributed by atoms with Gasteiger partial charge < -0.3 is 20.1 Å². The largest absolute Gasteiger partial charge is 0.493 e. The summed E-state index contributed by atoms with van der Waals surface area (Å²) in [6.45, 7) is 2.58. The van der Waals surface area contributed by atoms with Crippen molar-refractivity contribution in [2.45, 2.75) is 13.3 Å². The summed E-state index contributed by atoms with van der Waals surface area (Å²) < 4.78 is 10.6. The zero-order valence-electron chi connectivity index (χ0n) is 16.7. The van der Waals surface area contributed by atoms with Crippen LogP contribution in [0.3, 0.4) is 0 Å². The van der Waals surface area contributed by atoms with Crippen molar-refractivity contribution >= 4 is 17.4 Å². The molecule has 7 heteroatoms. The van der Waals surface area contributed by atoms with Crippen LogP contribution in [0.15, 0.2) is 54.6 Å². The van der Waals surface area contributed by atoms with Gasteiger partial charge in [0.1, 0.15) is 11.5 Å². The molecule has 0 spiro atoms. The van der Waals surface area contributed by atoms with Crippen molar-refractivity contribution in [3.63, 3.8) is 0 Å². The fourth-order valence-corrected chi connectivity index (χ4v) is 2.73. The summed E-state index contributed by atoms with van der Waals surface area (Å²) in [5, 5.41) is 6.08. The van der Waals surface area contributed by atoms with Gasteiger partial charge in [0.05, 0.1) is 14.2 Å². The Hall–Kier alpha value is -3.61. The molecule has 0 saturated heterocycles. The van der Waals surface area contributed by atoms with Crippen molar-refractivity contribution in [1.29, 1.82) is 0 Å². The van der Waals surface area contributed by atoms with Gasteiger partial charge in [-0.25, -0.2) is 9.97 Å². The third kappa shape index (κ3) is 5.01. The lowest BCUT2D eigenvalue weighted by Gasteiger charge is -2.13. The lowest BCUT2D eigenvalue weighted by atomic mass is 10.2. The maximum atomic E-state index is 12.5. The number of rotatable bonds is 8. The Labute approximate surface area is 170 Å². The van der Waals surface area contributed by atoms with Crippen LogP contribution in [0.4, 0.5) is 11.5 Å². The van der Waals surface area contributed by atoms with Crippen LogP contribution in [-0.4, -0.2) is 36.6 Å². The average molecular weight is 392 g/mol. The maximum Gasteiger partial charge on any atom is 0.270 e. The zero-order chi connectivity index (χ0) is 20.6. The standard InChI is InChI=1S/C22H24N4O3/c1-4-12-23-22(27)17-14-20(26-21(25-17)15-8-6-5-7-9-15)24-16-10-11-18(28-2)19(13-16)29-3/h5-11,13-14H,4,12H2,1-3H3,(H,23,27)(H,24,25,26). The molecule has 0 aliphatic carbocycles. The third-order valence-electron chi connectivity index (χ3n) is 4.18. The van der Waals surface area contributed by atoms with E-state index in [2.05, 4.69) is 20.6 Å². The lowest BCUT2D eigenvalue weighted by molar-refractivity contribution is 0.0948. The molecule has 7 nitrogen and oxygen atoms in total. The Morgan fingerprint density at radius 1 is 0.966 bits per heavy atom. The number of nitrogens with zero attached hydrogens (tertiary/aromatic N) is 2. The Morgan fingerprint density at radius 2 is 1.72 bits per heavy atom. The number of ether oxygens (including phenoxy) is 2. The first-order chi connectivity index (χ1) is 14.1. The molecule has 0 bridgehead atoms. The number of carbonyl (C=O) groups excluding carboxylic acids is 1. The third-order valence-corrected chi connectivity index (χ3v) is 4.18. The zero-order valence-corrected chi connectivity index (χ0v) is 16.7. The van der Waals surface area contributed by atoms with Gasteiger partial charge in [-0.1, -0.05) is 37.3 Å². The van der Waals surface area contributed by atoms with E-state index < -0.39 is 0 Å². The lowest BCUT2D eigenvalue weighted by Crippen LogP contribution is -2.25. The van der Waals surface area contributed by atoms with Crippen LogP contribution >= 0.6 is 0 Å². The number of methoxy groups -OCH3 is 2. The quantitative estimate of drug-likeness (QED) is 0.602. The normalized spacial score (nSPS) is 10.3. The molecule has 0 aliphatic rings. The number of carbonyl (C=O) groups is 1. The van der Waals surface area contributed by atoms with E-state index in [-0.39, 0.29) is 5.91 Å². The average Bonchev–Trinajstić information content (AvgIpc) is 2.77. The number of hydrogen-bond donors (Lipinski definition) is 2. The van der Waals surface area contributed by atoms with Crippen molar-refractivity contribution in [3.05, 3.63) is 60.3 Å². The summed E-state index contributed by atoms with van der Waals surface area (Å²) in [4.78, 5) is 21.5. The SMILES string of the molecule is CCCNC(=O)c1cc(Nc2ccc(OC)c(OC)c2)nc(-c2ccccc2)n1. The molecule has 0 atom stereocenters. The highest BCUT2D eigenvalue weighted by Gasteiger charge is 2.13. The van der Waals surface area contributed by atoms with E-state index in [9.17, 15) is 4.79 Å². The fourth-order valence-electron chi connectivity index (χ4n) is 2.73. The van der Waals surface area contributed by atoms with Crippen LogP contribution in [0, 0.1) is 0 Å². The minimum Gasteiger partial charge on any atom is -0.493 e. The first-order valence-corrected chi connectivity index (χ1v) is 9.36. The number of benzene rings is 2. The maximum absolute atomic E-state index is 12.5. The molecular weight excluding hydrogens is 368 g/mol. The van der Waals surface area contributed by atoms with Gasteiger partial charge in [-0.05, 0) is 18.6 Å². The Morgan fingerprint density at radius 3 is 2.41 bits per heavy atom. The second-order valence-electron chi connectivity index (χ2n) is 6.28. The van der Waals surface area contributed by atoms with Crippen molar-refractivity contribution in [1.82, 2.24) is 15.3 Å². The Bertz CT molecular complexity index is 977. The van der Waals surface area contributed by atoms with E-state index in [1.54, 1.807) is 32.4 Å². The van der Waals surface area contributed by atoms with Gasteiger partial charge in [0.15, 0.2) is 17.3 Å². The second kappa shape index (κ2) is 9.54. The molecular formula is C22H24N4O3. The second-order valence-corrected chi connectivity index (χ2v) is 6.28. The highest BCUT2D eigenvalue weighted by molar-refractivity contribution is 5.93. The van der Waals surface area contributed by atoms with Gasteiger partial charge >= 0.3 is 0 Å². The summed E-state index contributed by atoms with van der Waals surface area (Å²) in [5.41, 5.74) is 1.88. The number of aromatic nitrogens is 2. The van der Waals surface area contributed by atoms with Gasteiger partial charge in [0.2, 0.25) is 0 Å². The Balaban J connectivity index is 1.97. The molecule has 1 heterocycles. The summed E-state index contributed by atoms with van der Waals surface area (Å²) in [5.74, 6) is 1.97. The van der Waals surface area contributed by atoms with E-state index in [4.69, 9.17) is 9.47 Å². The van der Waals surface area contributed by atoms with Crippen molar-refractivity contribution in [3.8, 4) is 22.9 Å². The number of anilines is 2. The molecule has 0 saturated carbocycles. The van der Waals surface area contributed by atoms with Crippen LogP contribution in [-0.2, 0) is 0 Å². The predicted molar refractivity (Wildman–Crippen MR) is 113 cm³/mol. The van der Waals surface area contributed by atoms with Crippen LogP contribution in [0.1, 0.15) is 23.8 Å². The molecule has 29 heavy (non-hydrogen) atoms. The number of nitrogens with one attached hydrogen (secondary N) is 2. The molecule has 2 aromatic carbocycles. The van der Waals surface area contributed by atoms with E-state index in [0.29, 0.717) is 35.4 Å². The molecule has 3 aromatic rings. The van der Waals surface area contributed by atoms with Crippen LogP contribution < -0.4 is 20.1 Å². The molecule has 0 radical (unpaired) electrons. The van der Waals surface area contributed by atoms with Crippen molar-refractivity contribution in [2.24, 2.45) is 0 Å². The van der Waals surface area contributed by atoms with Gasteiger partial charge in [0.25, 0.3) is 5.91 Å². The molecule has 0 unspecified atom stereocenters. The van der Waals surface area contributed by atoms with Crippen molar-refractivity contribution in [2.75, 3.05) is 26.1 Å². The van der Waals surface area contributed by atoms with Crippen molar-refractivity contribution < 1.29 is 14.3 Å². The highest BCUT2D eigenvalue weighted by Crippen LogP contribution is 2.31. The van der Waals surface area contributed by atoms with E-state index >= 15 is 0 Å². The van der Waals surface area contributed by atoms with Gasteiger partial charge in [-0.2, -0.15) is 0 Å². The predicted octanol–water partition coefficient (Wildman–Crippen LogP) is 4.04. The van der Waals surface area contributed by atoms with Crippen LogP contribution in [0.2, 0.25) is 0 Å². The van der Waals surface area contributed by atoms with E-state index in [1.807, 2.05) is 43.3 Å². The molecule has 2 N–H and O–H groups in total. The summed E-state index contributed by atoms with van der Waals surface area (Å²) >= 11 is 0. The Kier molecular flexibility index (Phi) is 6.63. The monoisotopic (exact) mass is 392 g/mol. The molecule has 0 aliphatic heterocycles. The summed E-state index contributed by atoms with van der Waals surface area (Å²) in [7, 11) is 3.17. The highest BCUT2D eigenvalue weighted by atomic mass is 16.5. The first-order valence-electron chi connectivity index (χ1n) is 9.36. The molecule has 0 fully saturated rings. The van der Waals surface area contributed by atoms with Gasteiger partial charge in [0, 0.05) is 29.9 Å². The summed E-state index contributed by atoms with van der Waals surface area (Å²) in [6, 6.07) is 16.6. The minimum atomic E-state index is -0.234. The van der Waals surface area contributed by atoms with E-state index in [1.165, 1.54) is 0 Å². The molecule has 3 rings (SSSR count). The smallest absolute Gasteiger partial charge is 0.270 e. The van der Waals surface area contributed by atoms with Gasteiger partial charge in [-0.15, -0.1) is 0 Å². The minimum absolute atomic E-state index is 0.234. The molecule has 1 amide bonds. The van der Waals surface area contributed by atoms with E-state index in [0.717, 1.165) is 17.7 Å². The fraction of sp³-hybridized carbons (Fsp3) is 0.227. The first kappa shape index (κ1) is 20.1. The van der Waals surface area contributed by atoms with Gasteiger partial charge in [-0.3, -0.25) is 4.79 Å². The topological polar surface area (TPSA) is 85.4 Å². The molecule has 150 valence electrons. The van der Waals surface area contributed by atoms with Crippen LogP contribution in [0.5, 0.6) is 11.5 Å². The molecule has 1 aromatic heterocycles. The number of hydrogen-bond acceptors (Lipinski definition) is 6. The number of amides is 1. The van der Waals surface area contributed by atoms with Crippen LogP contribution in [0.25, 0.3) is 11.4 Å². The summed E-state index contributed by atoms with van der Waals surface area (Å²) in [6.07, 6.45) is 0.846.